The molecule has 0 radical (unpaired) electrons. The number of allylic oxidation sites excluding steroid dienone is 1. The summed E-state index contributed by atoms with van der Waals surface area (Å²) in [6, 6.07) is 2.58. The zero-order chi connectivity index (χ0) is 19.4. The fraction of sp³-hybridized carbons (Fsp3) is 0.500. The molecule has 0 bridgehead atoms. The Bertz CT molecular complexity index is 787. The van der Waals surface area contributed by atoms with Crippen molar-refractivity contribution >= 4 is 17.6 Å². The van der Waals surface area contributed by atoms with Gasteiger partial charge >= 0.3 is 6.18 Å². The van der Waals surface area contributed by atoms with E-state index in [1.165, 1.54) is 12.4 Å². The minimum atomic E-state index is -4.67. The highest BCUT2D eigenvalue weighted by Crippen LogP contribution is 2.37. The van der Waals surface area contributed by atoms with Crippen LogP contribution in [0.2, 0.25) is 0 Å². The van der Waals surface area contributed by atoms with Gasteiger partial charge in [-0.1, -0.05) is 0 Å². The van der Waals surface area contributed by atoms with Crippen molar-refractivity contribution in [3.63, 3.8) is 0 Å². The Morgan fingerprint density at radius 3 is 2.59 bits per heavy atom. The molecule has 0 aromatic carbocycles. The molecule has 2 aliphatic heterocycles. The van der Waals surface area contributed by atoms with Crippen molar-refractivity contribution in [1.29, 1.82) is 5.26 Å². The number of halogens is 3. The maximum absolute atomic E-state index is 13.5. The highest BCUT2D eigenvalue weighted by atomic mass is 19.4. The van der Waals surface area contributed by atoms with Crippen LogP contribution in [-0.4, -0.2) is 43.5 Å². The van der Waals surface area contributed by atoms with Gasteiger partial charge in [0.25, 0.3) is 0 Å². The van der Waals surface area contributed by atoms with Gasteiger partial charge < -0.3 is 15.4 Å². The third-order valence-corrected chi connectivity index (χ3v) is 4.66. The number of hydrogen-bond donors (Lipinski definition) is 1. The molecule has 0 amide bonds. The van der Waals surface area contributed by atoms with E-state index in [0.29, 0.717) is 31.9 Å². The van der Waals surface area contributed by atoms with Crippen LogP contribution in [0.4, 0.5) is 19.0 Å². The molecule has 3 heterocycles. The van der Waals surface area contributed by atoms with Gasteiger partial charge in [0.15, 0.2) is 0 Å². The quantitative estimate of drug-likeness (QED) is 0.813. The summed E-state index contributed by atoms with van der Waals surface area (Å²) in [5.74, 6) is 0.0485. The lowest BCUT2D eigenvalue weighted by atomic mass is 10.0. The predicted octanol–water partition coefficient (Wildman–Crippen LogP) is 2.73. The average molecular weight is 379 g/mol. The molecule has 2 aliphatic rings. The third kappa shape index (κ3) is 4.22. The van der Waals surface area contributed by atoms with Crippen LogP contribution in [0.3, 0.4) is 0 Å². The second kappa shape index (κ2) is 7.96. The minimum absolute atomic E-state index is 0.0454. The Morgan fingerprint density at radius 2 is 2.07 bits per heavy atom. The molecule has 0 unspecified atom stereocenters. The smallest absolute Gasteiger partial charge is 0.404 e. The van der Waals surface area contributed by atoms with Crippen LogP contribution in [0.25, 0.3) is 5.57 Å². The number of ether oxygens (including phenoxy) is 1. The van der Waals surface area contributed by atoms with Crippen molar-refractivity contribution in [2.45, 2.75) is 31.5 Å². The summed E-state index contributed by atoms with van der Waals surface area (Å²) in [5.41, 5.74) is 4.53. The Hall–Kier alpha value is -2.60. The number of aromatic nitrogens is 1. The summed E-state index contributed by atoms with van der Waals surface area (Å²) < 4.78 is 45.9. The molecule has 1 aromatic heterocycles. The zero-order valence-corrected chi connectivity index (χ0v) is 14.7. The molecular weight excluding hydrogens is 359 g/mol. The highest BCUT2D eigenvalue weighted by molar-refractivity contribution is 6.09. The van der Waals surface area contributed by atoms with Gasteiger partial charge in [-0.15, -0.1) is 0 Å². The maximum atomic E-state index is 13.5. The Labute approximate surface area is 155 Å². The van der Waals surface area contributed by atoms with Gasteiger partial charge in [-0.3, -0.25) is 4.99 Å². The standard InChI is InChI=1S/C18H20F3N5O/c19-18(20,21)15-8-16(25-17(14(15)10-23)26-4-1-5-26)12(9-22)11-24-13-2-6-27-7-3-13/h8-9,11,13H,1-7,22H2. The largest absolute Gasteiger partial charge is 0.417 e. The Morgan fingerprint density at radius 1 is 1.37 bits per heavy atom. The van der Waals surface area contributed by atoms with Crippen LogP contribution in [0, 0.1) is 11.3 Å². The van der Waals surface area contributed by atoms with E-state index in [4.69, 9.17) is 10.5 Å². The second-order valence-electron chi connectivity index (χ2n) is 6.45. The molecule has 2 saturated heterocycles. The topological polar surface area (TPSA) is 87.5 Å². The Balaban J connectivity index is 2.00. The van der Waals surface area contributed by atoms with Gasteiger partial charge in [-0.25, -0.2) is 4.98 Å². The van der Waals surface area contributed by atoms with Crippen molar-refractivity contribution < 1.29 is 17.9 Å². The van der Waals surface area contributed by atoms with Gasteiger partial charge in [-0.05, 0) is 25.3 Å². The number of nitriles is 1. The molecule has 144 valence electrons. The summed E-state index contributed by atoms with van der Waals surface area (Å²) in [6.07, 6.45) is 0.342. The summed E-state index contributed by atoms with van der Waals surface area (Å²) in [6.45, 7) is 2.35. The first-order valence-electron chi connectivity index (χ1n) is 8.74. The van der Waals surface area contributed by atoms with Gasteiger partial charge in [0, 0.05) is 44.3 Å². The van der Waals surface area contributed by atoms with Crippen molar-refractivity contribution in [2.75, 3.05) is 31.2 Å². The van der Waals surface area contributed by atoms with E-state index in [1.807, 2.05) is 0 Å². The van der Waals surface area contributed by atoms with Crippen LogP contribution in [0.15, 0.2) is 17.3 Å². The molecule has 27 heavy (non-hydrogen) atoms. The van der Waals surface area contributed by atoms with E-state index in [9.17, 15) is 18.4 Å². The van der Waals surface area contributed by atoms with Crippen molar-refractivity contribution in [1.82, 2.24) is 4.98 Å². The van der Waals surface area contributed by atoms with Gasteiger partial charge in [0.05, 0.1) is 17.3 Å². The molecule has 1 aromatic rings. The number of anilines is 1. The van der Waals surface area contributed by atoms with Crippen LogP contribution in [-0.2, 0) is 10.9 Å². The average Bonchev–Trinajstić information content (AvgIpc) is 2.60. The first-order valence-corrected chi connectivity index (χ1v) is 8.74. The fourth-order valence-electron chi connectivity index (χ4n) is 2.98. The number of aliphatic imine (C=N–C) groups is 1. The molecular formula is C18H20F3N5O. The molecule has 0 saturated carbocycles. The van der Waals surface area contributed by atoms with Crippen molar-refractivity contribution in [3.05, 3.63) is 29.1 Å². The Kier molecular flexibility index (Phi) is 5.65. The van der Waals surface area contributed by atoms with E-state index < -0.39 is 17.3 Å². The summed E-state index contributed by atoms with van der Waals surface area (Å²) in [5, 5.41) is 9.30. The fourth-order valence-corrected chi connectivity index (χ4v) is 2.98. The van der Waals surface area contributed by atoms with Crippen LogP contribution in [0.1, 0.15) is 36.1 Å². The first kappa shape index (κ1) is 19.2. The number of hydrogen-bond acceptors (Lipinski definition) is 6. The van der Waals surface area contributed by atoms with E-state index in [-0.39, 0.29) is 17.6 Å². The minimum Gasteiger partial charge on any atom is -0.404 e. The van der Waals surface area contributed by atoms with E-state index in [2.05, 4.69) is 9.98 Å². The van der Waals surface area contributed by atoms with Gasteiger partial charge in [0.1, 0.15) is 17.5 Å². The number of pyridine rings is 1. The first-order chi connectivity index (χ1) is 12.9. The zero-order valence-electron chi connectivity index (χ0n) is 14.7. The van der Waals surface area contributed by atoms with E-state index in [0.717, 1.165) is 25.3 Å². The lowest BCUT2D eigenvalue weighted by Gasteiger charge is -2.33. The van der Waals surface area contributed by atoms with Crippen molar-refractivity contribution in [2.24, 2.45) is 10.7 Å². The lowest BCUT2D eigenvalue weighted by Crippen LogP contribution is -2.38. The SMILES string of the molecule is N#Cc1c(C(F)(F)F)cc(C(C=NC2CCOCC2)=CN)nc1N1CCC1. The summed E-state index contributed by atoms with van der Waals surface area (Å²) >= 11 is 0. The molecule has 0 aliphatic carbocycles. The molecule has 2 fully saturated rings. The maximum Gasteiger partial charge on any atom is 0.417 e. The number of nitrogens with two attached hydrogens (primary N) is 1. The van der Waals surface area contributed by atoms with Crippen LogP contribution in [0.5, 0.6) is 0 Å². The number of rotatable bonds is 4. The number of alkyl halides is 3. The highest BCUT2D eigenvalue weighted by Gasteiger charge is 2.37. The third-order valence-electron chi connectivity index (χ3n) is 4.66. The number of nitrogens with zero attached hydrogens (tertiary/aromatic N) is 4. The molecule has 0 atom stereocenters. The van der Waals surface area contributed by atoms with Crippen LogP contribution >= 0.6 is 0 Å². The van der Waals surface area contributed by atoms with E-state index >= 15 is 0 Å². The van der Waals surface area contributed by atoms with Gasteiger partial charge in [0.2, 0.25) is 0 Å². The molecule has 2 N–H and O–H groups in total. The molecule has 9 heteroatoms. The van der Waals surface area contributed by atoms with E-state index in [1.54, 1.807) is 11.0 Å². The molecule has 3 rings (SSSR count). The summed E-state index contributed by atoms with van der Waals surface area (Å²) in [7, 11) is 0. The second-order valence-corrected chi connectivity index (χ2v) is 6.45. The monoisotopic (exact) mass is 379 g/mol. The molecule has 0 spiro atoms. The summed E-state index contributed by atoms with van der Waals surface area (Å²) in [4.78, 5) is 10.4. The van der Waals surface area contributed by atoms with Crippen molar-refractivity contribution in [3.8, 4) is 6.07 Å². The molecule has 6 nitrogen and oxygen atoms in total. The lowest BCUT2D eigenvalue weighted by molar-refractivity contribution is -0.137. The predicted molar refractivity (Wildman–Crippen MR) is 95.3 cm³/mol. The van der Waals surface area contributed by atoms with Crippen LogP contribution < -0.4 is 10.6 Å². The normalized spacial score (nSPS) is 19.2. The van der Waals surface area contributed by atoms with Gasteiger partial charge in [-0.2, -0.15) is 18.4 Å².